The molecule has 0 spiro atoms. The topological polar surface area (TPSA) is 80.0 Å². The van der Waals surface area contributed by atoms with E-state index in [1.165, 1.54) is 18.6 Å². The molecule has 1 amide bonds. The zero-order valence-corrected chi connectivity index (χ0v) is 12.5. The molecule has 1 saturated heterocycles. The molecule has 1 unspecified atom stereocenters. The number of nitrogens with one attached hydrogen (secondary N) is 2. The zero-order chi connectivity index (χ0) is 14.7. The van der Waals surface area contributed by atoms with Gasteiger partial charge in [0.1, 0.15) is 5.82 Å². The molecule has 4 N–H and O–H groups in total. The first-order valence-electron chi connectivity index (χ1n) is 7.04. The van der Waals surface area contributed by atoms with Crippen LogP contribution < -0.4 is 16.6 Å². The van der Waals surface area contributed by atoms with Crippen molar-refractivity contribution < 1.29 is 4.79 Å². The van der Waals surface area contributed by atoms with Crippen LogP contribution in [-0.4, -0.2) is 28.4 Å². The molecule has 110 valence electrons. The van der Waals surface area contributed by atoms with Crippen molar-refractivity contribution >= 4 is 34.3 Å². The Hall–Kier alpha value is -1.79. The van der Waals surface area contributed by atoms with E-state index in [4.69, 9.17) is 5.84 Å². The molecular weight excluding hydrogens is 284 g/mol. The van der Waals surface area contributed by atoms with E-state index in [0.29, 0.717) is 23.2 Å². The van der Waals surface area contributed by atoms with E-state index in [-0.39, 0.29) is 5.91 Å². The van der Waals surface area contributed by atoms with Crippen molar-refractivity contribution in [1.82, 2.24) is 10.3 Å². The summed E-state index contributed by atoms with van der Waals surface area (Å²) in [5.41, 5.74) is 3.16. The standard InChI is InChI=1S/C15H18N4OS/c16-19-14-12-6-2-1-5-11(12)13(9-17-14)15(20)18-8-10-4-3-7-21-10/h1-2,5-6,9-10H,3-4,7-8,16H2,(H,17,19)(H,18,20). The van der Waals surface area contributed by atoms with Gasteiger partial charge in [-0.05, 0) is 24.0 Å². The number of thioether (sulfide) groups is 1. The maximum absolute atomic E-state index is 12.4. The molecule has 1 aromatic carbocycles. The van der Waals surface area contributed by atoms with Crippen molar-refractivity contribution in [3.05, 3.63) is 36.0 Å². The second-order valence-electron chi connectivity index (χ2n) is 5.06. The van der Waals surface area contributed by atoms with Gasteiger partial charge in [0, 0.05) is 23.4 Å². The molecule has 1 aromatic heterocycles. The predicted octanol–water partition coefficient (Wildman–Crippen LogP) is 2.15. The molecule has 0 radical (unpaired) electrons. The molecule has 2 aromatic rings. The summed E-state index contributed by atoms with van der Waals surface area (Å²) in [6, 6.07) is 7.63. The van der Waals surface area contributed by atoms with Gasteiger partial charge in [-0.3, -0.25) is 4.79 Å². The zero-order valence-electron chi connectivity index (χ0n) is 11.6. The molecule has 2 heterocycles. The maximum Gasteiger partial charge on any atom is 0.253 e. The minimum Gasteiger partial charge on any atom is -0.351 e. The summed E-state index contributed by atoms with van der Waals surface area (Å²) in [6.45, 7) is 0.717. The van der Waals surface area contributed by atoms with Gasteiger partial charge in [-0.15, -0.1) is 0 Å². The normalized spacial score (nSPS) is 17.9. The van der Waals surface area contributed by atoms with Crippen molar-refractivity contribution in [2.75, 3.05) is 17.7 Å². The summed E-state index contributed by atoms with van der Waals surface area (Å²) in [7, 11) is 0. The molecule has 5 nitrogen and oxygen atoms in total. The molecule has 1 fully saturated rings. The number of aromatic nitrogens is 1. The lowest BCUT2D eigenvalue weighted by Gasteiger charge is -2.12. The number of amides is 1. The third kappa shape index (κ3) is 2.96. The van der Waals surface area contributed by atoms with Crippen LogP contribution in [0.4, 0.5) is 5.82 Å². The molecule has 6 heteroatoms. The number of nitrogens with two attached hydrogens (primary N) is 1. The van der Waals surface area contributed by atoms with Crippen LogP contribution in [0.2, 0.25) is 0 Å². The smallest absolute Gasteiger partial charge is 0.253 e. The maximum atomic E-state index is 12.4. The lowest BCUT2D eigenvalue weighted by atomic mass is 10.1. The highest BCUT2D eigenvalue weighted by atomic mass is 32.2. The summed E-state index contributed by atoms with van der Waals surface area (Å²) in [6.07, 6.45) is 4.00. The van der Waals surface area contributed by atoms with E-state index in [1.54, 1.807) is 6.20 Å². The quantitative estimate of drug-likeness (QED) is 0.595. The molecule has 1 aliphatic rings. The van der Waals surface area contributed by atoms with Gasteiger partial charge in [0.25, 0.3) is 5.91 Å². The fraction of sp³-hybridized carbons (Fsp3) is 0.333. The number of carbonyl (C=O) groups excluding carboxylic acids is 1. The number of fused-ring (bicyclic) bond motifs is 1. The monoisotopic (exact) mass is 302 g/mol. The minimum atomic E-state index is -0.0743. The van der Waals surface area contributed by atoms with Gasteiger partial charge in [0.05, 0.1) is 5.56 Å². The number of hydrogen-bond acceptors (Lipinski definition) is 5. The Bertz CT molecular complexity index is 655. The van der Waals surface area contributed by atoms with Crippen molar-refractivity contribution in [2.45, 2.75) is 18.1 Å². The summed E-state index contributed by atoms with van der Waals surface area (Å²) < 4.78 is 0. The van der Waals surface area contributed by atoms with Gasteiger partial charge in [0.2, 0.25) is 0 Å². The second kappa shape index (κ2) is 6.32. The van der Waals surface area contributed by atoms with Crippen molar-refractivity contribution in [2.24, 2.45) is 5.84 Å². The van der Waals surface area contributed by atoms with Gasteiger partial charge in [0.15, 0.2) is 0 Å². The first-order valence-corrected chi connectivity index (χ1v) is 8.08. The highest BCUT2D eigenvalue weighted by molar-refractivity contribution is 8.00. The number of nitrogen functional groups attached to an aromatic ring is 1. The molecule has 0 bridgehead atoms. The van der Waals surface area contributed by atoms with Crippen LogP contribution >= 0.6 is 11.8 Å². The van der Waals surface area contributed by atoms with Crippen LogP contribution in [0.3, 0.4) is 0 Å². The summed E-state index contributed by atoms with van der Waals surface area (Å²) >= 11 is 1.93. The number of hydrazine groups is 1. The third-order valence-corrected chi connectivity index (χ3v) is 5.09. The van der Waals surface area contributed by atoms with Crippen LogP contribution in [0.1, 0.15) is 23.2 Å². The molecular formula is C15H18N4OS. The molecule has 0 saturated carbocycles. The SMILES string of the molecule is NNc1ncc(C(=O)NCC2CCCS2)c2ccccc12. The number of nitrogens with zero attached hydrogens (tertiary/aromatic N) is 1. The van der Waals surface area contributed by atoms with Crippen LogP contribution in [-0.2, 0) is 0 Å². The fourth-order valence-corrected chi connectivity index (χ4v) is 3.80. The van der Waals surface area contributed by atoms with Gasteiger partial charge >= 0.3 is 0 Å². The minimum absolute atomic E-state index is 0.0743. The Balaban J connectivity index is 1.84. The number of rotatable bonds is 4. The van der Waals surface area contributed by atoms with Crippen molar-refractivity contribution in [3.63, 3.8) is 0 Å². The van der Waals surface area contributed by atoms with E-state index in [2.05, 4.69) is 15.7 Å². The van der Waals surface area contributed by atoms with E-state index in [9.17, 15) is 4.79 Å². The average Bonchev–Trinajstić information content (AvgIpc) is 3.05. The largest absolute Gasteiger partial charge is 0.351 e. The Morgan fingerprint density at radius 2 is 2.19 bits per heavy atom. The van der Waals surface area contributed by atoms with E-state index in [1.807, 2.05) is 36.0 Å². The van der Waals surface area contributed by atoms with Gasteiger partial charge in [-0.2, -0.15) is 11.8 Å². The van der Waals surface area contributed by atoms with E-state index >= 15 is 0 Å². The first-order chi connectivity index (χ1) is 10.3. The Morgan fingerprint density at radius 1 is 1.38 bits per heavy atom. The molecule has 1 atom stereocenters. The lowest BCUT2D eigenvalue weighted by molar-refractivity contribution is 0.0955. The number of benzene rings is 1. The van der Waals surface area contributed by atoms with Crippen molar-refractivity contribution in [3.8, 4) is 0 Å². The number of hydrogen-bond donors (Lipinski definition) is 3. The Kier molecular flexibility index (Phi) is 4.26. The first kappa shape index (κ1) is 14.2. The van der Waals surface area contributed by atoms with Gasteiger partial charge in [-0.1, -0.05) is 24.3 Å². The highest BCUT2D eigenvalue weighted by Gasteiger charge is 2.18. The number of pyridine rings is 1. The number of carbonyl (C=O) groups is 1. The Labute approximate surface area is 127 Å². The summed E-state index contributed by atoms with van der Waals surface area (Å²) in [5, 5.41) is 5.27. The molecule has 3 rings (SSSR count). The summed E-state index contributed by atoms with van der Waals surface area (Å²) in [4.78, 5) is 16.6. The van der Waals surface area contributed by atoms with Gasteiger partial charge in [-0.25, -0.2) is 10.8 Å². The van der Waals surface area contributed by atoms with E-state index in [0.717, 1.165) is 10.8 Å². The van der Waals surface area contributed by atoms with E-state index < -0.39 is 0 Å². The van der Waals surface area contributed by atoms with Crippen LogP contribution in [0.25, 0.3) is 10.8 Å². The lowest BCUT2D eigenvalue weighted by Crippen LogP contribution is -2.30. The molecule has 21 heavy (non-hydrogen) atoms. The summed E-state index contributed by atoms with van der Waals surface area (Å²) in [5.74, 6) is 7.17. The molecule has 1 aliphatic heterocycles. The third-order valence-electron chi connectivity index (χ3n) is 3.69. The second-order valence-corrected chi connectivity index (χ2v) is 6.46. The Morgan fingerprint density at radius 3 is 2.90 bits per heavy atom. The van der Waals surface area contributed by atoms with Crippen molar-refractivity contribution in [1.29, 1.82) is 0 Å². The highest BCUT2D eigenvalue weighted by Crippen LogP contribution is 2.26. The van der Waals surface area contributed by atoms with Crippen LogP contribution in [0, 0.1) is 0 Å². The van der Waals surface area contributed by atoms with Gasteiger partial charge < -0.3 is 10.7 Å². The van der Waals surface area contributed by atoms with Crippen LogP contribution in [0.15, 0.2) is 30.5 Å². The number of anilines is 1. The average molecular weight is 302 g/mol. The van der Waals surface area contributed by atoms with Crippen LogP contribution in [0.5, 0.6) is 0 Å². The predicted molar refractivity (Wildman–Crippen MR) is 87.4 cm³/mol. The fourth-order valence-electron chi connectivity index (χ4n) is 2.60. The molecule has 0 aliphatic carbocycles.